The van der Waals surface area contributed by atoms with E-state index in [2.05, 4.69) is 506 Å². The van der Waals surface area contributed by atoms with Gasteiger partial charge in [-0.1, -0.05) is 419 Å². The lowest BCUT2D eigenvalue weighted by molar-refractivity contribution is 1.00. The molecule has 0 unspecified atom stereocenters. The average molecular weight is 1710 g/mol. The van der Waals surface area contributed by atoms with Gasteiger partial charge < -0.3 is 0 Å². The van der Waals surface area contributed by atoms with Crippen LogP contribution < -0.4 is 0 Å². The van der Waals surface area contributed by atoms with Crippen LogP contribution in [0.1, 0.15) is 5.82 Å². The van der Waals surface area contributed by atoms with Crippen molar-refractivity contribution in [2.24, 2.45) is 0 Å². The van der Waals surface area contributed by atoms with E-state index in [1.54, 1.807) is 0 Å². The number of imidazole rings is 3. The molecule has 6 heteroatoms. The number of aromatic nitrogens is 6. The number of fused-ring (bicyclic) bond motifs is 10. The number of hydrogen-bond acceptors (Lipinski definition) is 3. The van der Waals surface area contributed by atoms with E-state index >= 15 is 0 Å². The molecule has 628 valence electrons. The van der Waals surface area contributed by atoms with Gasteiger partial charge >= 0.3 is 0 Å². The number of benzene rings is 23. The molecule has 0 saturated carbocycles. The largest absolute Gasteiger partial charge is 0.297 e. The topological polar surface area (TPSA) is 53.5 Å². The highest BCUT2D eigenvalue weighted by Crippen LogP contribution is 2.50. The lowest BCUT2D eigenvalue weighted by Gasteiger charge is -2.19. The highest BCUT2D eigenvalue weighted by atomic mass is 15.1. The van der Waals surface area contributed by atoms with Crippen molar-refractivity contribution in [3.05, 3.63) is 509 Å². The van der Waals surface area contributed by atoms with Gasteiger partial charge in [0, 0.05) is 28.2 Å². The molecule has 0 bridgehead atoms. The highest BCUT2D eigenvalue weighted by molar-refractivity contribution is 6.25. The second-order valence-corrected chi connectivity index (χ2v) is 34.4. The molecule has 0 atom stereocenters. The Morgan fingerprint density at radius 3 is 0.843 bits per heavy atom. The molecule has 26 aromatic rings. The molecule has 26 rings (SSSR count). The first-order valence-electron chi connectivity index (χ1n) is 45.9. The van der Waals surface area contributed by atoms with Gasteiger partial charge in [0.15, 0.2) is 0 Å². The summed E-state index contributed by atoms with van der Waals surface area (Å²) in [4.78, 5) is 14.9. The van der Waals surface area contributed by atoms with Gasteiger partial charge in [-0.05, 0) is 256 Å². The van der Waals surface area contributed by atoms with E-state index in [0.29, 0.717) is 0 Å². The Labute approximate surface area is 776 Å². The molecule has 23 aromatic carbocycles. The van der Waals surface area contributed by atoms with E-state index in [-0.39, 0.29) is 0 Å². The monoisotopic (exact) mass is 1710 g/mol. The van der Waals surface area contributed by atoms with Crippen molar-refractivity contribution >= 4 is 109 Å². The fourth-order valence-corrected chi connectivity index (χ4v) is 20.5. The Balaban J connectivity index is 0.000000111. The van der Waals surface area contributed by atoms with E-state index in [9.17, 15) is 0 Å². The summed E-state index contributed by atoms with van der Waals surface area (Å²) in [5.41, 5.74) is 31.5. The Bertz CT molecular complexity index is 8820. The molecule has 134 heavy (non-hydrogen) atoms. The van der Waals surface area contributed by atoms with Crippen LogP contribution >= 0.6 is 0 Å². The fraction of sp³-hybridized carbons (Fsp3) is 0.00781. The maximum absolute atomic E-state index is 5.06. The molecule has 0 amide bonds. The summed E-state index contributed by atoms with van der Waals surface area (Å²) in [6.07, 6.45) is 0. The van der Waals surface area contributed by atoms with Crippen molar-refractivity contribution in [1.29, 1.82) is 0 Å². The van der Waals surface area contributed by atoms with E-state index in [1.807, 2.05) is 18.2 Å². The predicted octanol–water partition coefficient (Wildman–Crippen LogP) is 34.1. The van der Waals surface area contributed by atoms with Crippen molar-refractivity contribution in [3.8, 4) is 129 Å². The second-order valence-electron chi connectivity index (χ2n) is 34.4. The maximum atomic E-state index is 5.06. The summed E-state index contributed by atoms with van der Waals surface area (Å²) in [5.74, 6) is 2.87. The Hall–Kier alpha value is -17.7. The minimum atomic E-state index is 0.940. The van der Waals surface area contributed by atoms with Gasteiger partial charge in [-0.3, -0.25) is 13.7 Å². The smallest absolute Gasteiger partial charge is 0.145 e. The van der Waals surface area contributed by atoms with Gasteiger partial charge in [0.1, 0.15) is 17.5 Å². The molecule has 6 nitrogen and oxygen atoms in total. The van der Waals surface area contributed by atoms with Gasteiger partial charge in [-0.2, -0.15) is 0 Å². The van der Waals surface area contributed by atoms with E-state index in [0.717, 1.165) is 78.8 Å². The molecular formula is C128H86N6. The van der Waals surface area contributed by atoms with Crippen molar-refractivity contribution in [1.82, 2.24) is 28.7 Å². The summed E-state index contributed by atoms with van der Waals surface area (Å²) in [6, 6.07) is 181. The van der Waals surface area contributed by atoms with Crippen LogP contribution in [0.15, 0.2) is 504 Å². The second kappa shape index (κ2) is 34.4. The van der Waals surface area contributed by atoms with Crippen LogP contribution in [0.2, 0.25) is 0 Å². The number of hydrogen-bond donors (Lipinski definition) is 0. The maximum Gasteiger partial charge on any atom is 0.145 e. The SMILES string of the molecule is Cc1nc2ccc(-c3ccc(-c4c5ccccc5c(-c5ccccc5)c5ccccc45)cc3)cc2n1-c1ccccc1.c1ccc(-c2ccc3c(-c4ccccc4)c4ccccc4c(-c4ccc(-n5c(-c6ccccc6)nc6ccccc65)cc4)c3c2)cc1.c1ccc(-c2nc3ccccc3n2-c2ccc(-c3c4ccccc4c(-c4ccc5ccccc5c4)c4ccccc34)cc2)cc1. The van der Waals surface area contributed by atoms with E-state index in [1.165, 1.54) is 164 Å². The number of para-hydroxylation sites is 5. The van der Waals surface area contributed by atoms with Crippen LogP contribution in [-0.2, 0) is 0 Å². The third kappa shape index (κ3) is 14.4. The minimum absolute atomic E-state index is 0.940. The first kappa shape index (κ1) is 79.7. The van der Waals surface area contributed by atoms with E-state index in [4.69, 9.17) is 15.0 Å². The Morgan fingerprint density at radius 1 is 0.149 bits per heavy atom. The zero-order chi connectivity index (χ0) is 88.9. The third-order valence-corrected chi connectivity index (χ3v) is 26.5. The molecule has 0 aliphatic heterocycles. The number of nitrogens with zero attached hydrogens (tertiary/aromatic N) is 6. The lowest BCUT2D eigenvalue weighted by Crippen LogP contribution is -1.98. The van der Waals surface area contributed by atoms with Crippen molar-refractivity contribution in [2.75, 3.05) is 0 Å². The molecule has 0 aliphatic rings. The van der Waals surface area contributed by atoms with Gasteiger partial charge in [-0.25, -0.2) is 15.0 Å². The zero-order valence-corrected chi connectivity index (χ0v) is 73.6. The van der Waals surface area contributed by atoms with Crippen molar-refractivity contribution in [2.45, 2.75) is 6.92 Å². The summed E-state index contributed by atoms with van der Waals surface area (Å²) in [6.45, 7) is 2.07. The standard InChI is InChI=1S/C45H30N2.C43H28N2.C40H28N2/c1-4-14-31(15-5-1)35-26-29-39-40(30-35)44(38-21-11-10-20-37(38)43(39)32-16-6-2-7-17-32)33-24-27-36(28-25-33)47-42-23-13-12-22-41(42)46-45(47)34-18-8-3-9-19-34;1-2-13-31(14-3-1)43-44-39-20-10-11-21-40(39)45(43)34-26-24-30(25-27-34)41-35-16-6-8-18-37(35)42(38-19-9-7-17-36(38)41)33-23-22-29-12-4-5-15-32(29)28-33;1-27-41-37-25-24-31(26-38(37)42(27)32-14-6-3-7-15-32)28-20-22-30(23-21-28)40-35-18-10-8-16-33(35)39(29-12-4-2-5-13-29)34-17-9-11-19-36(34)40/h1-30H;1-28H;2-26H,1H3. The first-order valence-corrected chi connectivity index (χ1v) is 45.9. The third-order valence-electron chi connectivity index (χ3n) is 26.5. The Morgan fingerprint density at radius 2 is 0.418 bits per heavy atom. The molecule has 3 aromatic heterocycles. The predicted molar refractivity (Wildman–Crippen MR) is 565 cm³/mol. The Kier molecular flexibility index (Phi) is 20.4. The summed E-state index contributed by atoms with van der Waals surface area (Å²) in [7, 11) is 0. The van der Waals surface area contributed by atoms with Gasteiger partial charge in [0.2, 0.25) is 0 Å². The molecule has 0 radical (unpaired) electrons. The quantitative estimate of drug-likeness (QED) is 0.108. The summed E-state index contributed by atoms with van der Waals surface area (Å²) < 4.78 is 6.78. The van der Waals surface area contributed by atoms with Crippen molar-refractivity contribution < 1.29 is 0 Å². The van der Waals surface area contributed by atoms with Crippen LogP contribution in [0.4, 0.5) is 0 Å². The van der Waals surface area contributed by atoms with Crippen LogP contribution in [0, 0.1) is 6.92 Å². The lowest BCUT2D eigenvalue weighted by atomic mass is 9.85. The van der Waals surface area contributed by atoms with Crippen LogP contribution in [0.3, 0.4) is 0 Å². The molecule has 3 heterocycles. The van der Waals surface area contributed by atoms with Gasteiger partial charge in [-0.15, -0.1) is 0 Å². The zero-order valence-electron chi connectivity index (χ0n) is 73.6. The summed E-state index contributed by atoms with van der Waals surface area (Å²) in [5, 5.41) is 17.6. The van der Waals surface area contributed by atoms with E-state index < -0.39 is 0 Å². The molecule has 0 N–H and O–H groups in total. The highest BCUT2D eigenvalue weighted by Gasteiger charge is 2.25. The van der Waals surface area contributed by atoms with Gasteiger partial charge in [0.05, 0.1) is 33.1 Å². The first-order chi connectivity index (χ1) is 66.4. The van der Waals surface area contributed by atoms with Crippen LogP contribution in [-0.4, -0.2) is 28.7 Å². The summed E-state index contributed by atoms with van der Waals surface area (Å²) >= 11 is 0. The fourth-order valence-electron chi connectivity index (χ4n) is 20.5. The van der Waals surface area contributed by atoms with Crippen LogP contribution in [0.25, 0.3) is 237 Å². The molecule has 0 aliphatic carbocycles. The molecule has 0 fully saturated rings. The number of rotatable bonds is 13. The van der Waals surface area contributed by atoms with Crippen LogP contribution in [0.5, 0.6) is 0 Å². The van der Waals surface area contributed by atoms with Gasteiger partial charge in [0.25, 0.3) is 0 Å². The normalized spacial score (nSPS) is 11.5. The molecule has 0 spiro atoms. The molecule has 0 saturated heterocycles. The minimum Gasteiger partial charge on any atom is -0.297 e. The average Bonchev–Trinajstić information content (AvgIpc) is 1.48. The van der Waals surface area contributed by atoms with Crippen molar-refractivity contribution in [3.63, 3.8) is 0 Å². The molecular weight excluding hydrogens is 1620 g/mol. The number of aryl methyl sites for hydroxylation is 1.